The molecule has 1 amide bonds. The number of aromatic nitrogens is 1. The van der Waals surface area contributed by atoms with E-state index in [0.29, 0.717) is 0 Å². The first kappa shape index (κ1) is 18.8. The highest BCUT2D eigenvalue weighted by atomic mass is 19.4. The van der Waals surface area contributed by atoms with E-state index in [2.05, 4.69) is 15.0 Å². The quantitative estimate of drug-likeness (QED) is 0.838. The smallest absolute Gasteiger partial charge is 0.422 e. The van der Waals surface area contributed by atoms with Crippen LogP contribution < -0.4 is 10.1 Å². The third-order valence-corrected chi connectivity index (χ3v) is 3.62. The Morgan fingerprint density at radius 2 is 1.76 bits per heavy atom. The van der Waals surface area contributed by atoms with Gasteiger partial charge in [-0.1, -0.05) is 32.0 Å². The van der Waals surface area contributed by atoms with Gasteiger partial charge in [-0.15, -0.1) is 0 Å². The number of carbonyl (C=O) groups excluding carboxylic acids is 1. The first-order valence-electron chi connectivity index (χ1n) is 7.91. The third-order valence-electron chi connectivity index (χ3n) is 3.62. The molecule has 0 aliphatic carbocycles. The molecule has 0 bridgehead atoms. The van der Waals surface area contributed by atoms with Gasteiger partial charge in [0.05, 0.1) is 5.56 Å². The van der Waals surface area contributed by atoms with Crippen LogP contribution in [0.2, 0.25) is 0 Å². The maximum absolute atomic E-state index is 12.4. The van der Waals surface area contributed by atoms with Crippen LogP contribution in [0.4, 0.5) is 18.9 Å². The molecule has 1 heterocycles. The van der Waals surface area contributed by atoms with Crippen LogP contribution in [0.3, 0.4) is 0 Å². The molecule has 2 aromatic rings. The molecule has 0 atom stereocenters. The highest BCUT2D eigenvalue weighted by Gasteiger charge is 2.28. The van der Waals surface area contributed by atoms with Gasteiger partial charge in [0.1, 0.15) is 0 Å². The van der Waals surface area contributed by atoms with Crippen molar-refractivity contribution in [3.63, 3.8) is 0 Å². The molecule has 4 nitrogen and oxygen atoms in total. The van der Waals surface area contributed by atoms with Gasteiger partial charge in [-0.3, -0.25) is 4.79 Å². The van der Waals surface area contributed by atoms with Crippen molar-refractivity contribution in [2.24, 2.45) is 0 Å². The van der Waals surface area contributed by atoms with Gasteiger partial charge in [-0.05, 0) is 30.0 Å². The molecule has 0 unspecified atom stereocenters. The fourth-order valence-electron chi connectivity index (χ4n) is 2.34. The summed E-state index contributed by atoms with van der Waals surface area (Å²) < 4.78 is 40.9. The highest BCUT2D eigenvalue weighted by molar-refractivity contribution is 6.04. The highest BCUT2D eigenvalue weighted by Crippen LogP contribution is 2.23. The Balaban J connectivity index is 2.12. The molecule has 7 heteroatoms. The lowest BCUT2D eigenvalue weighted by molar-refractivity contribution is -0.154. The zero-order valence-corrected chi connectivity index (χ0v) is 14.0. The van der Waals surface area contributed by atoms with Gasteiger partial charge in [0.15, 0.2) is 6.61 Å². The lowest BCUT2D eigenvalue weighted by Gasteiger charge is -2.14. The lowest BCUT2D eigenvalue weighted by atomic mass is 10.0. The summed E-state index contributed by atoms with van der Waals surface area (Å²) in [6, 6.07) is 8.46. The third kappa shape index (κ3) is 5.20. The SMILES string of the molecule is CCc1cccc(CC)c1NC(=O)c1ccc(OCC(F)(F)F)nc1. The van der Waals surface area contributed by atoms with Crippen LogP contribution in [0, 0.1) is 0 Å². The average Bonchev–Trinajstić information content (AvgIpc) is 2.59. The van der Waals surface area contributed by atoms with Crippen molar-refractivity contribution in [1.82, 2.24) is 4.98 Å². The van der Waals surface area contributed by atoms with Gasteiger partial charge in [0, 0.05) is 18.0 Å². The maximum atomic E-state index is 12.4. The number of anilines is 1. The minimum absolute atomic E-state index is 0.183. The Morgan fingerprint density at radius 1 is 1.12 bits per heavy atom. The fourth-order valence-corrected chi connectivity index (χ4v) is 2.34. The molecule has 0 radical (unpaired) electrons. The predicted octanol–water partition coefficient (Wildman–Crippen LogP) is 4.40. The number of ether oxygens (including phenoxy) is 1. The minimum Gasteiger partial charge on any atom is -0.468 e. The molecule has 0 saturated heterocycles. The van der Waals surface area contributed by atoms with Gasteiger partial charge >= 0.3 is 6.18 Å². The average molecular weight is 352 g/mol. The number of amides is 1. The second-order valence-electron chi connectivity index (χ2n) is 5.40. The monoisotopic (exact) mass is 352 g/mol. The number of pyridine rings is 1. The van der Waals surface area contributed by atoms with Crippen LogP contribution in [-0.4, -0.2) is 23.7 Å². The van der Waals surface area contributed by atoms with E-state index in [9.17, 15) is 18.0 Å². The molecular formula is C18H19F3N2O2. The topological polar surface area (TPSA) is 51.2 Å². The molecule has 1 aromatic heterocycles. The van der Waals surface area contributed by atoms with Gasteiger partial charge in [0.25, 0.3) is 5.91 Å². The van der Waals surface area contributed by atoms with E-state index in [1.165, 1.54) is 18.3 Å². The first-order valence-corrected chi connectivity index (χ1v) is 7.91. The molecule has 0 aliphatic rings. The molecular weight excluding hydrogens is 333 g/mol. The van der Waals surface area contributed by atoms with Crippen LogP contribution in [0.25, 0.3) is 0 Å². The number of nitrogens with zero attached hydrogens (tertiary/aromatic N) is 1. The van der Waals surface area contributed by atoms with Gasteiger partial charge < -0.3 is 10.1 Å². The van der Waals surface area contributed by atoms with E-state index in [1.54, 1.807) is 0 Å². The van der Waals surface area contributed by atoms with E-state index in [4.69, 9.17) is 0 Å². The Bertz CT molecular complexity index is 706. The Kier molecular flexibility index (Phi) is 6.01. The van der Waals surface area contributed by atoms with Crippen molar-refractivity contribution in [1.29, 1.82) is 0 Å². The number of hydrogen-bond acceptors (Lipinski definition) is 3. The van der Waals surface area contributed by atoms with Crippen LogP contribution in [0.5, 0.6) is 5.88 Å². The molecule has 2 rings (SSSR count). The van der Waals surface area contributed by atoms with E-state index >= 15 is 0 Å². The molecule has 0 aliphatic heterocycles. The molecule has 0 spiro atoms. The van der Waals surface area contributed by atoms with Crippen LogP contribution in [-0.2, 0) is 12.8 Å². The standard InChI is InChI=1S/C18H19F3N2O2/c1-3-12-6-5-7-13(4-2)16(12)23-17(24)14-8-9-15(22-10-14)25-11-18(19,20)21/h5-10H,3-4,11H2,1-2H3,(H,23,24). The Labute approximate surface area is 144 Å². The summed E-state index contributed by atoms with van der Waals surface area (Å²) in [5, 5.41) is 2.87. The molecule has 1 N–H and O–H groups in total. The van der Waals surface area contributed by atoms with Crippen molar-refractivity contribution in [3.05, 3.63) is 53.2 Å². The maximum Gasteiger partial charge on any atom is 0.422 e. The second-order valence-corrected chi connectivity index (χ2v) is 5.40. The second kappa shape index (κ2) is 8.00. The van der Waals surface area contributed by atoms with Crippen LogP contribution in [0.15, 0.2) is 36.5 Å². The van der Waals surface area contributed by atoms with Crippen molar-refractivity contribution in [3.8, 4) is 5.88 Å². The molecule has 25 heavy (non-hydrogen) atoms. The zero-order valence-electron chi connectivity index (χ0n) is 14.0. The summed E-state index contributed by atoms with van der Waals surface area (Å²) in [6.07, 6.45) is -1.70. The number of carbonyl (C=O) groups is 1. The predicted molar refractivity (Wildman–Crippen MR) is 88.9 cm³/mol. The van der Waals surface area contributed by atoms with Gasteiger partial charge in [0.2, 0.25) is 5.88 Å². The molecule has 0 saturated carbocycles. The molecule has 1 aromatic carbocycles. The minimum atomic E-state index is -4.43. The zero-order chi connectivity index (χ0) is 18.4. The number of benzene rings is 1. The summed E-state index contributed by atoms with van der Waals surface area (Å²) in [5.74, 6) is -0.553. The number of hydrogen-bond donors (Lipinski definition) is 1. The van der Waals surface area contributed by atoms with Crippen LogP contribution in [0.1, 0.15) is 35.3 Å². The summed E-state index contributed by atoms with van der Waals surface area (Å²) >= 11 is 0. The number of aryl methyl sites for hydroxylation is 2. The molecule has 0 fully saturated rings. The molecule has 134 valence electrons. The lowest BCUT2D eigenvalue weighted by Crippen LogP contribution is -2.20. The summed E-state index contributed by atoms with van der Waals surface area (Å²) in [7, 11) is 0. The van der Waals surface area contributed by atoms with E-state index in [1.807, 2.05) is 32.0 Å². The van der Waals surface area contributed by atoms with Crippen molar-refractivity contribution in [2.45, 2.75) is 32.9 Å². The summed E-state index contributed by atoms with van der Waals surface area (Å²) in [6.45, 7) is 2.58. The largest absolute Gasteiger partial charge is 0.468 e. The number of halogens is 3. The first-order chi connectivity index (χ1) is 11.8. The van der Waals surface area contributed by atoms with E-state index in [-0.39, 0.29) is 17.4 Å². The Morgan fingerprint density at radius 3 is 2.24 bits per heavy atom. The fraction of sp³-hybridized carbons (Fsp3) is 0.333. The normalized spacial score (nSPS) is 11.2. The van der Waals surface area contributed by atoms with E-state index in [0.717, 1.165) is 29.7 Å². The van der Waals surface area contributed by atoms with Crippen molar-refractivity contribution < 1.29 is 22.7 Å². The summed E-state index contributed by atoms with van der Waals surface area (Å²) in [4.78, 5) is 16.2. The number of alkyl halides is 3. The number of rotatable bonds is 6. The van der Waals surface area contributed by atoms with Crippen LogP contribution >= 0.6 is 0 Å². The Hall–Kier alpha value is -2.57. The van der Waals surface area contributed by atoms with Crippen molar-refractivity contribution in [2.75, 3.05) is 11.9 Å². The van der Waals surface area contributed by atoms with Gasteiger partial charge in [-0.25, -0.2) is 4.98 Å². The van der Waals surface area contributed by atoms with Crippen molar-refractivity contribution >= 4 is 11.6 Å². The number of para-hydroxylation sites is 1. The van der Waals surface area contributed by atoms with E-state index < -0.39 is 12.8 Å². The summed E-state index contributed by atoms with van der Waals surface area (Å²) in [5.41, 5.74) is 3.05. The number of nitrogens with one attached hydrogen (secondary N) is 1. The van der Waals surface area contributed by atoms with Gasteiger partial charge in [-0.2, -0.15) is 13.2 Å².